The van der Waals surface area contributed by atoms with E-state index in [1.54, 1.807) is 11.3 Å². The maximum atomic E-state index is 13.1. The van der Waals surface area contributed by atoms with E-state index >= 15 is 0 Å². The molecule has 0 radical (unpaired) electrons. The molecule has 1 aromatic carbocycles. The van der Waals surface area contributed by atoms with Gasteiger partial charge in [0.1, 0.15) is 5.75 Å². The summed E-state index contributed by atoms with van der Waals surface area (Å²) < 4.78 is 7.62. The second-order valence-electron chi connectivity index (χ2n) is 9.33. The van der Waals surface area contributed by atoms with E-state index in [4.69, 9.17) is 4.74 Å². The molecule has 0 saturated carbocycles. The Hall–Kier alpha value is -3.04. The number of nitrogens with zero attached hydrogens (tertiary/aromatic N) is 5. The normalized spacial score (nSPS) is 13.0. The zero-order valence-corrected chi connectivity index (χ0v) is 21.9. The molecule has 3 heterocycles. The lowest BCUT2D eigenvalue weighted by molar-refractivity contribution is 0.152. The van der Waals surface area contributed by atoms with Gasteiger partial charge in [-0.05, 0) is 79.8 Å². The van der Waals surface area contributed by atoms with Gasteiger partial charge in [0.15, 0.2) is 5.82 Å². The number of thiophene rings is 1. The molecular weight excluding hydrogens is 460 g/mol. The Labute approximate surface area is 209 Å². The van der Waals surface area contributed by atoms with Crippen LogP contribution in [0.4, 0.5) is 0 Å². The molecule has 8 nitrogen and oxygen atoms in total. The molecule has 4 aromatic rings. The van der Waals surface area contributed by atoms with Gasteiger partial charge in [0.25, 0.3) is 5.56 Å². The lowest BCUT2D eigenvalue weighted by atomic mass is 10.0. The number of H-pyrrole nitrogens is 1. The van der Waals surface area contributed by atoms with Gasteiger partial charge in [0, 0.05) is 34.4 Å². The summed E-state index contributed by atoms with van der Waals surface area (Å²) in [4.78, 5) is 19.7. The van der Waals surface area contributed by atoms with Crippen molar-refractivity contribution >= 4 is 22.2 Å². The van der Waals surface area contributed by atoms with E-state index < -0.39 is 0 Å². The van der Waals surface area contributed by atoms with Crippen LogP contribution >= 0.6 is 11.3 Å². The average Bonchev–Trinajstić information content (AvgIpc) is 3.53. The molecule has 0 fully saturated rings. The monoisotopic (exact) mass is 494 g/mol. The summed E-state index contributed by atoms with van der Waals surface area (Å²) in [6.45, 7) is 12.3. The highest BCUT2D eigenvalue weighted by molar-refractivity contribution is 7.09. The number of aromatic amines is 1. The molecule has 9 heteroatoms. The van der Waals surface area contributed by atoms with Gasteiger partial charge in [-0.1, -0.05) is 19.9 Å². The standard InChI is InChI=1S/C26H34N6O2S/c1-6-23(24-28-29-30-32(24)26(4,5)7-2)31(17-21-10-9-13-35-21)16-19-14-18-15-20(34-8-3)11-12-22(18)27-25(19)33/h9-15,23H,6-8,16-17H2,1-5H3,(H,27,33)/t23-/m1/s1. The van der Waals surface area contributed by atoms with Crippen LogP contribution in [0.5, 0.6) is 5.75 Å². The van der Waals surface area contributed by atoms with Gasteiger partial charge < -0.3 is 9.72 Å². The van der Waals surface area contributed by atoms with Crippen LogP contribution in [0.2, 0.25) is 0 Å². The minimum Gasteiger partial charge on any atom is -0.494 e. The van der Waals surface area contributed by atoms with Crippen LogP contribution < -0.4 is 10.3 Å². The molecule has 0 spiro atoms. The molecular formula is C26H34N6O2S. The van der Waals surface area contributed by atoms with Gasteiger partial charge in [-0.2, -0.15) is 0 Å². The van der Waals surface area contributed by atoms with Crippen LogP contribution in [0.1, 0.15) is 69.8 Å². The lowest BCUT2D eigenvalue weighted by Crippen LogP contribution is -2.35. The van der Waals surface area contributed by atoms with Gasteiger partial charge >= 0.3 is 0 Å². The highest BCUT2D eigenvalue weighted by Gasteiger charge is 2.31. The number of hydrogen-bond donors (Lipinski definition) is 1. The number of fused-ring (bicyclic) bond motifs is 1. The Bertz CT molecular complexity index is 1310. The predicted molar refractivity (Wildman–Crippen MR) is 140 cm³/mol. The maximum Gasteiger partial charge on any atom is 0.252 e. The van der Waals surface area contributed by atoms with Crippen LogP contribution in [-0.4, -0.2) is 36.7 Å². The van der Waals surface area contributed by atoms with E-state index in [0.717, 1.165) is 35.3 Å². The second-order valence-corrected chi connectivity index (χ2v) is 10.4. The molecule has 3 aromatic heterocycles. The molecule has 0 bridgehead atoms. The number of nitrogens with one attached hydrogen (secondary N) is 1. The Kier molecular flexibility index (Phi) is 7.66. The third kappa shape index (κ3) is 5.46. The maximum absolute atomic E-state index is 13.1. The largest absolute Gasteiger partial charge is 0.494 e. The Balaban J connectivity index is 1.75. The SMILES string of the molecule is CCOc1ccc2[nH]c(=O)c(CN(Cc3cccs3)[C@H](CC)c3nnnn3C(C)(C)CC)cc2c1. The van der Waals surface area contributed by atoms with E-state index in [1.165, 1.54) is 4.88 Å². The topological polar surface area (TPSA) is 88.9 Å². The molecule has 0 unspecified atom stereocenters. The van der Waals surface area contributed by atoms with Crippen LogP contribution in [-0.2, 0) is 18.6 Å². The van der Waals surface area contributed by atoms with Crippen molar-refractivity contribution in [2.75, 3.05) is 6.61 Å². The number of pyridine rings is 1. The van der Waals surface area contributed by atoms with Crippen LogP contribution in [0, 0.1) is 0 Å². The Morgan fingerprint density at radius 2 is 2.00 bits per heavy atom. The molecule has 186 valence electrons. The predicted octanol–water partition coefficient (Wildman–Crippen LogP) is 5.27. The fourth-order valence-corrected chi connectivity index (χ4v) is 5.02. The van der Waals surface area contributed by atoms with E-state index in [2.05, 4.69) is 70.6 Å². The molecule has 0 aliphatic carbocycles. The highest BCUT2D eigenvalue weighted by atomic mass is 32.1. The lowest BCUT2D eigenvalue weighted by Gasteiger charge is -2.32. The van der Waals surface area contributed by atoms with Gasteiger partial charge in [-0.25, -0.2) is 4.68 Å². The first kappa shape index (κ1) is 25.1. The van der Waals surface area contributed by atoms with Gasteiger partial charge in [-0.3, -0.25) is 9.69 Å². The summed E-state index contributed by atoms with van der Waals surface area (Å²) in [7, 11) is 0. The third-order valence-electron chi connectivity index (χ3n) is 6.57. The minimum absolute atomic E-state index is 0.0530. The summed E-state index contributed by atoms with van der Waals surface area (Å²) in [5.41, 5.74) is 1.21. The van der Waals surface area contributed by atoms with Gasteiger partial charge in [0.2, 0.25) is 0 Å². The van der Waals surface area contributed by atoms with Crippen molar-refractivity contribution in [3.8, 4) is 5.75 Å². The zero-order chi connectivity index (χ0) is 25.0. The summed E-state index contributed by atoms with van der Waals surface area (Å²) in [6.07, 6.45) is 1.71. The van der Waals surface area contributed by atoms with Crippen molar-refractivity contribution in [1.29, 1.82) is 0 Å². The molecule has 0 aliphatic heterocycles. The number of aromatic nitrogens is 5. The van der Waals surface area contributed by atoms with E-state index in [9.17, 15) is 4.79 Å². The van der Waals surface area contributed by atoms with Gasteiger partial charge in [-0.15, -0.1) is 16.4 Å². The van der Waals surface area contributed by atoms with E-state index in [-0.39, 0.29) is 17.1 Å². The summed E-state index contributed by atoms with van der Waals surface area (Å²) in [5.74, 6) is 1.62. The van der Waals surface area contributed by atoms with Crippen molar-refractivity contribution < 1.29 is 4.74 Å². The first-order valence-corrected chi connectivity index (χ1v) is 13.1. The molecule has 1 N–H and O–H groups in total. The summed E-state index contributed by atoms with van der Waals surface area (Å²) in [6, 6.07) is 11.9. The highest BCUT2D eigenvalue weighted by Crippen LogP contribution is 2.31. The first-order chi connectivity index (χ1) is 16.9. The van der Waals surface area contributed by atoms with Crippen LogP contribution in [0.15, 0.2) is 46.6 Å². The molecule has 4 rings (SSSR count). The smallest absolute Gasteiger partial charge is 0.252 e. The van der Waals surface area contributed by atoms with Crippen LogP contribution in [0.25, 0.3) is 10.9 Å². The van der Waals surface area contributed by atoms with Crippen LogP contribution in [0.3, 0.4) is 0 Å². The number of rotatable bonds is 11. The Morgan fingerprint density at radius 1 is 1.17 bits per heavy atom. The summed E-state index contributed by atoms with van der Waals surface area (Å²) in [5, 5.41) is 15.9. The third-order valence-corrected chi connectivity index (χ3v) is 7.43. The first-order valence-electron chi connectivity index (χ1n) is 12.2. The second kappa shape index (κ2) is 10.7. The molecule has 35 heavy (non-hydrogen) atoms. The zero-order valence-electron chi connectivity index (χ0n) is 21.1. The number of hydrogen-bond acceptors (Lipinski definition) is 7. The molecule has 1 atom stereocenters. The van der Waals surface area contributed by atoms with Crippen molar-refractivity contribution in [2.45, 2.75) is 72.1 Å². The molecule has 0 amide bonds. The van der Waals surface area contributed by atoms with Crippen molar-refractivity contribution in [1.82, 2.24) is 30.1 Å². The summed E-state index contributed by atoms with van der Waals surface area (Å²) >= 11 is 1.71. The molecule has 0 aliphatic rings. The number of ether oxygens (including phenoxy) is 1. The van der Waals surface area contributed by atoms with E-state index in [0.29, 0.717) is 25.3 Å². The molecule has 0 saturated heterocycles. The quantitative estimate of drug-likeness (QED) is 0.305. The Morgan fingerprint density at radius 3 is 2.69 bits per heavy atom. The van der Waals surface area contributed by atoms with Crippen molar-refractivity contribution in [3.63, 3.8) is 0 Å². The minimum atomic E-state index is -0.211. The number of benzene rings is 1. The fraction of sp³-hybridized carbons (Fsp3) is 0.462. The van der Waals surface area contributed by atoms with Crippen molar-refractivity contribution in [2.24, 2.45) is 0 Å². The van der Waals surface area contributed by atoms with Crippen molar-refractivity contribution in [3.05, 3.63) is 68.4 Å². The fourth-order valence-electron chi connectivity index (χ4n) is 4.29. The van der Waals surface area contributed by atoms with Gasteiger partial charge in [0.05, 0.1) is 18.2 Å². The average molecular weight is 495 g/mol. The number of tetrazole rings is 1. The van der Waals surface area contributed by atoms with E-state index in [1.807, 2.05) is 35.9 Å².